The summed E-state index contributed by atoms with van der Waals surface area (Å²) in [6.07, 6.45) is 0. The van der Waals surface area contributed by atoms with Crippen molar-refractivity contribution >= 4 is 39.5 Å². The number of carboxylic acids is 1. The van der Waals surface area contributed by atoms with E-state index in [0.717, 1.165) is 0 Å². The maximum Gasteiger partial charge on any atom is 0.370 e. The Morgan fingerprint density at radius 3 is 1.84 bits per heavy atom. The van der Waals surface area contributed by atoms with Crippen LogP contribution >= 0.6 is 0 Å². The van der Waals surface area contributed by atoms with E-state index in [0.29, 0.717) is 49.8 Å². The number of aliphatic carboxylic acids is 1. The molecule has 0 bridgehead atoms. The van der Waals surface area contributed by atoms with E-state index < -0.39 is 11.9 Å². The maximum absolute atomic E-state index is 13.5. The van der Waals surface area contributed by atoms with E-state index >= 15 is 0 Å². The Bertz CT molecular complexity index is 1340. The molecule has 0 saturated carbocycles. The molecule has 0 fully saturated rings. The van der Waals surface area contributed by atoms with Crippen molar-refractivity contribution in [1.29, 1.82) is 0 Å². The lowest BCUT2D eigenvalue weighted by Gasteiger charge is -2.14. The van der Waals surface area contributed by atoms with E-state index in [2.05, 4.69) is 0 Å². The number of fused-ring (bicyclic) bond motifs is 2. The number of hydrogen-bond acceptors (Lipinski definition) is 4. The Kier molecular flexibility index (Phi) is 5.45. The molecule has 3 aromatic carbocycles. The van der Waals surface area contributed by atoms with Gasteiger partial charge in [-0.15, -0.1) is 0 Å². The lowest BCUT2D eigenvalue weighted by Crippen LogP contribution is -2.40. The molecule has 4 aromatic rings. The summed E-state index contributed by atoms with van der Waals surface area (Å²) >= 11 is 0. The monoisotopic (exact) mass is 428 g/mol. The maximum atomic E-state index is 13.5. The Hall–Kier alpha value is -4.06. The number of nitrogens with zero attached hydrogens (tertiary/aromatic N) is 1. The number of benzene rings is 3. The molecule has 4 rings (SSSR count). The first kappa shape index (κ1) is 21.2. The van der Waals surface area contributed by atoms with Crippen LogP contribution in [0.5, 0.6) is 5.75 Å². The van der Waals surface area contributed by atoms with E-state index in [9.17, 15) is 19.5 Å². The molecule has 160 valence electrons. The van der Waals surface area contributed by atoms with E-state index in [4.69, 9.17) is 4.74 Å². The third kappa shape index (κ3) is 3.71. The first-order valence-corrected chi connectivity index (χ1v) is 10.2. The van der Waals surface area contributed by atoms with Crippen LogP contribution in [0.3, 0.4) is 0 Å². The average Bonchev–Trinajstić information content (AvgIpc) is 2.75. The molecule has 6 nitrogen and oxygen atoms in total. The van der Waals surface area contributed by atoms with Gasteiger partial charge in [-0.1, -0.05) is 24.3 Å². The van der Waals surface area contributed by atoms with Crippen LogP contribution in [-0.2, 0) is 11.3 Å². The van der Waals surface area contributed by atoms with Gasteiger partial charge in [-0.2, -0.15) is 4.57 Å². The van der Waals surface area contributed by atoms with Crippen molar-refractivity contribution in [3.05, 3.63) is 82.9 Å². The summed E-state index contributed by atoms with van der Waals surface area (Å²) in [7, 11) is 0. The van der Waals surface area contributed by atoms with Gasteiger partial charge in [0.1, 0.15) is 5.75 Å². The highest BCUT2D eigenvalue weighted by Gasteiger charge is 2.27. The standard InChI is InChI=1S/C26H21NO5/c1-15-12-18(17(3)28)13-16(2)25(15)32-26(31)24-19-8-4-6-10-21(19)27(14-23(29)30)22-11-7-5-9-20(22)24/h4-13H,14H2,1-3H3/p+1. The van der Waals surface area contributed by atoms with Crippen LogP contribution in [0.25, 0.3) is 21.8 Å². The van der Waals surface area contributed by atoms with E-state index in [1.165, 1.54) is 6.92 Å². The zero-order chi connectivity index (χ0) is 23.0. The highest BCUT2D eigenvalue weighted by Crippen LogP contribution is 2.30. The molecule has 0 aliphatic heterocycles. The summed E-state index contributed by atoms with van der Waals surface area (Å²) in [5, 5.41) is 10.7. The summed E-state index contributed by atoms with van der Waals surface area (Å²) in [4.78, 5) is 36.8. The molecule has 0 amide bonds. The molecule has 6 heteroatoms. The van der Waals surface area contributed by atoms with Gasteiger partial charge in [-0.25, -0.2) is 9.59 Å². The Labute approximate surface area is 184 Å². The third-order valence-electron chi connectivity index (χ3n) is 5.49. The smallest absolute Gasteiger partial charge is 0.370 e. The second kappa shape index (κ2) is 8.23. The van der Waals surface area contributed by atoms with Crippen molar-refractivity contribution in [2.45, 2.75) is 27.3 Å². The van der Waals surface area contributed by atoms with Crippen LogP contribution < -0.4 is 9.30 Å². The fourth-order valence-electron chi connectivity index (χ4n) is 4.10. The number of pyridine rings is 1. The number of para-hydroxylation sites is 2. The summed E-state index contributed by atoms with van der Waals surface area (Å²) in [6.45, 7) is 4.85. The number of ketones is 1. The molecule has 1 aromatic heterocycles. The van der Waals surface area contributed by atoms with Gasteiger partial charge in [0.25, 0.3) is 0 Å². The molecular formula is C26H22NO5+. The van der Waals surface area contributed by atoms with E-state index in [-0.39, 0.29) is 12.3 Å². The second-order valence-corrected chi connectivity index (χ2v) is 7.77. The molecular weight excluding hydrogens is 406 g/mol. The summed E-state index contributed by atoms with van der Waals surface area (Å²) in [5.74, 6) is -1.16. The van der Waals surface area contributed by atoms with Crippen LogP contribution in [-0.4, -0.2) is 22.8 Å². The van der Waals surface area contributed by atoms with Crippen molar-refractivity contribution in [2.24, 2.45) is 0 Å². The van der Waals surface area contributed by atoms with Gasteiger partial charge in [-0.3, -0.25) is 4.79 Å². The number of carboxylic acid groups (broad SMARTS) is 1. The zero-order valence-electron chi connectivity index (χ0n) is 18.0. The zero-order valence-corrected chi connectivity index (χ0v) is 18.0. The van der Waals surface area contributed by atoms with E-state index in [1.807, 2.05) is 0 Å². The molecule has 1 N–H and O–H groups in total. The predicted octanol–water partition coefficient (Wildman–Crippen LogP) is 4.40. The van der Waals surface area contributed by atoms with Crippen molar-refractivity contribution in [3.8, 4) is 5.75 Å². The topological polar surface area (TPSA) is 84.6 Å². The van der Waals surface area contributed by atoms with E-state index in [1.54, 1.807) is 79.1 Å². The number of Topliss-reactive ketones (excluding diaryl/α,β-unsaturated/α-hetero) is 1. The summed E-state index contributed by atoms with van der Waals surface area (Å²) in [6, 6.07) is 17.8. The number of carbonyl (C=O) groups excluding carboxylic acids is 2. The van der Waals surface area contributed by atoms with Crippen LogP contribution in [0.1, 0.15) is 38.8 Å². The Morgan fingerprint density at radius 1 is 0.875 bits per heavy atom. The predicted molar refractivity (Wildman–Crippen MR) is 120 cm³/mol. The highest BCUT2D eigenvalue weighted by molar-refractivity contribution is 6.13. The molecule has 0 aliphatic carbocycles. The van der Waals surface area contributed by atoms with Crippen molar-refractivity contribution in [2.75, 3.05) is 0 Å². The summed E-state index contributed by atoms with van der Waals surface area (Å²) in [5.41, 5.74) is 3.56. The molecule has 0 saturated heterocycles. The van der Waals surface area contributed by atoms with Crippen LogP contribution in [0.4, 0.5) is 0 Å². The fraction of sp³-hybridized carbons (Fsp3) is 0.154. The largest absolute Gasteiger partial charge is 0.477 e. The van der Waals surface area contributed by atoms with Crippen molar-refractivity contribution in [1.82, 2.24) is 0 Å². The first-order valence-electron chi connectivity index (χ1n) is 10.2. The van der Waals surface area contributed by atoms with Gasteiger partial charge in [0, 0.05) is 17.7 Å². The normalized spacial score (nSPS) is 11.0. The molecule has 0 radical (unpaired) electrons. The number of aryl methyl sites for hydroxylation is 2. The average molecular weight is 428 g/mol. The number of carbonyl (C=O) groups is 3. The Balaban J connectivity index is 1.92. The van der Waals surface area contributed by atoms with Crippen LogP contribution in [0.15, 0.2) is 60.7 Å². The third-order valence-corrected chi connectivity index (χ3v) is 5.49. The van der Waals surface area contributed by atoms with Gasteiger partial charge in [0.05, 0.1) is 16.3 Å². The molecule has 0 aliphatic rings. The minimum Gasteiger partial charge on any atom is -0.477 e. The fourth-order valence-corrected chi connectivity index (χ4v) is 4.10. The van der Waals surface area contributed by atoms with Gasteiger partial charge in [0.2, 0.25) is 17.6 Å². The molecule has 32 heavy (non-hydrogen) atoms. The highest BCUT2D eigenvalue weighted by atomic mass is 16.5. The second-order valence-electron chi connectivity index (χ2n) is 7.77. The van der Waals surface area contributed by atoms with Gasteiger partial charge >= 0.3 is 11.9 Å². The number of hydrogen-bond donors (Lipinski definition) is 1. The van der Waals surface area contributed by atoms with Gasteiger partial charge in [-0.05, 0) is 56.2 Å². The number of rotatable bonds is 5. The van der Waals surface area contributed by atoms with Crippen LogP contribution in [0, 0.1) is 13.8 Å². The first-order chi connectivity index (χ1) is 15.3. The number of esters is 1. The van der Waals surface area contributed by atoms with Gasteiger partial charge in [0.15, 0.2) is 5.78 Å². The lowest BCUT2D eigenvalue weighted by molar-refractivity contribution is -0.633. The SMILES string of the molecule is CC(=O)c1cc(C)c(OC(=O)c2c3ccccc3[n+](CC(=O)O)c3ccccc23)c(C)c1. The molecule has 0 atom stereocenters. The minimum atomic E-state index is -0.975. The lowest BCUT2D eigenvalue weighted by atomic mass is 10.0. The minimum absolute atomic E-state index is 0.0582. The number of aromatic nitrogens is 1. The molecule has 0 spiro atoms. The molecule has 0 unspecified atom stereocenters. The van der Waals surface area contributed by atoms with Crippen LogP contribution in [0.2, 0.25) is 0 Å². The van der Waals surface area contributed by atoms with Crippen molar-refractivity contribution < 1.29 is 28.8 Å². The Morgan fingerprint density at radius 2 is 1.38 bits per heavy atom. The number of ether oxygens (including phenoxy) is 1. The summed E-state index contributed by atoms with van der Waals surface area (Å²) < 4.78 is 7.54. The molecule has 1 heterocycles. The quantitative estimate of drug-likeness (QED) is 0.167. The van der Waals surface area contributed by atoms with Crippen molar-refractivity contribution in [3.63, 3.8) is 0 Å². The van der Waals surface area contributed by atoms with Gasteiger partial charge < -0.3 is 9.84 Å².